The first kappa shape index (κ1) is 13.4. The van der Waals surface area contributed by atoms with E-state index < -0.39 is 0 Å². The molecule has 80 valence electrons. The molecule has 0 aromatic heterocycles. The van der Waals surface area contributed by atoms with Crippen molar-refractivity contribution in [3.05, 3.63) is 61.3 Å². The van der Waals surface area contributed by atoms with E-state index in [-0.39, 0.29) is 5.78 Å². The van der Waals surface area contributed by atoms with Gasteiger partial charge in [0.1, 0.15) is 5.78 Å². The second-order valence-electron chi connectivity index (χ2n) is 2.91. The molecule has 0 atom stereocenters. The summed E-state index contributed by atoms with van der Waals surface area (Å²) in [4.78, 5) is 10.9. The Morgan fingerprint density at radius 2 is 1.53 bits per heavy atom. The molecule has 0 aliphatic heterocycles. The summed E-state index contributed by atoms with van der Waals surface area (Å²) in [6.45, 7) is 5.44. The highest BCUT2D eigenvalue weighted by Crippen LogP contribution is 1.91. The second-order valence-corrected chi connectivity index (χ2v) is 2.91. The normalized spacial score (nSPS) is 12.3. The fraction of sp³-hybridized carbons (Fsp3) is 0.214. The van der Waals surface area contributed by atoms with E-state index in [9.17, 15) is 4.79 Å². The van der Waals surface area contributed by atoms with Crippen LogP contribution >= 0.6 is 0 Å². The smallest absolute Gasteiger partial charge is 0.136 e. The molecule has 0 aromatic rings. The highest BCUT2D eigenvalue weighted by molar-refractivity contribution is 5.79. The molecule has 0 aliphatic carbocycles. The lowest BCUT2D eigenvalue weighted by Gasteiger charge is -1.86. The van der Waals surface area contributed by atoms with Crippen LogP contribution in [0.2, 0.25) is 0 Å². The van der Waals surface area contributed by atoms with E-state index in [0.717, 1.165) is 0 Å². The third-order valence-corrected chi connectivity index (χ3v) is 1.68. The molecule has 0 amide bonds. The van der Waals surface area contributed by atoms with Crippen molar-refractivity contribution < 1.29 is 4.79 Å². The van der Waals surface area contributed by atoms with Crippen LogP contribution in [0.4, 0.5) is 0 Å². The van der Waals surface area contributed by atoms with Crippen LogP contribution in [0.25, 0.3) is 0 Å². The fourth-order valence-corrected chi connectivity index (χ4v) is 0.822. The van der Waals surface area contributed by atoms with Crippen LogP contribution in [0.15, 0.2) is 61.3 Å². The maximum absolute atomic E-state index is 10.9. The molecule has 0 saturated carbocycles. The highest BCUT2D eigenvalue weighted by Gasteiger charge is 1.90. The Bertz CT molecular complexity index is 290. The maximum atomic E-state index is 10.9. The van der Waals surface area contributed by atoms with Gasteiger partial charge in [-0.1, -0.05) is 68.2 Å². The van der Waals surface area contributed by atoms with E-state index in [1.165, 1.54) is 0 Å². The average molecular weight is 202 g/mol. The van der Waals surface area contributed by atoms with Crippen LogP contribution < -0.4 is 0 Å². The number of carbonyl (C=O) groups excluding carboxylic acids is 1. The van der Waals surface area contributed by atoms with E-state index in [2.05, 4.69) is 6.58 Å². The minimum Gasteiger partial charge on any atom is -0.299 e. The summed E-state index contributed by atoms with van der Waals surface area (Å²) in [5.41, 5.74) is 0. The van der Waals surface area contributed by atoms with Crippen molar-refractivity contribution >= 4 is 5.78 Å². The first-order valence-electron chi connectivity index (χ1n) is 5.10. The van der Waals surface area contributed by atoms with Gasteiger partial charge in [0.05, 0.1) is 0 Å². The second kappa shape index (κ2) is 10.5. The molecule has 0 heterocycles. The van der Waals surface area contributed by atoms with Gasteiger partial charge in [0, 0.05) is 12.8 Å². The maximum Gasteiger partial charge on any atom is 0.136 e. The topological polar surface area (TPSA) is 17.1 Å². The number of hydrogen-bond acceptors (Lipinski definition) is 1. The molecule has 0 N–H and O–H groups in total. The Hall–Kier alpha value is -1.63. The summed E-state index contributed by atoms with van der Waals surface area (Å²) >= 11 is 0. The third kappa shape index (κ3) is 10.3. The van der Waals surface area contributed by atoms with Gasteiger partial charge in [-0.15, -0.1) is 0 Å². The van der Waals surface area contributed by atoms with E-state index in [1.807, 2.05) is 55.5 Å². The van der Waals surface area contributed by atoms with Crippen molar-refractivity contribution in [1.82, 2.24) is 0 Å². The number of carbonyl (C=O) groups is 1. The van der Waals surface area contributed by atoms with Crippen molar-refractivity contribution in [2.24, 2.45) is 0 Å². The summed E-state index contributed by atoms with van der Waals surface area (Å²) in [6.07, 6.45) is 18.1. The van der Waals surface area contributed by atoms with E-state index in [4.69, 9.17) is 0 Å². The third-order valence-electron chi connectivity index (χ3n) is 1.68. The zero-order chi connectivity index (χ0) is 11.4. The lowest BCUT2D eigenvalue weighted by atomic mass is 10.2. The van der Waals surface area contributed by atoms with Gasteiger partial charge in [0.25, 0.3) is 0 Å². The van der Waals surface area contributed by atoms with Gasteiger partial charge in [0.2, 0.25) is 0 Å². The van der Waals surface area contributed by atoms with Gasteiger partial charge in [0.15, 0.2) is 0 Å². The Labute approximate surface area is 92.2 Å². The molecule has 0 spiro atoms. The first-order valence-corrected chi connectivity index (χ1v) is 5.10. The van der Waals surface area contributed by atoms with Crippen LogP contribution in [-0.4, -0.2) is 5.78 Å². The number of allylic oxidation sites excluding steroid dienone is 9. The van der Waals surface area contributed by atoms with Gasteiger partial charge in [-0.3, -0.25) is 4.79 Å². The van der Waals surface area contributed by atoms with Gasteiger partial charge in [-0.05, 0) is 0 Å². The molecule has 0 saturated heterocycles. The molecule has 0 fully saturated rings. The van der Waals surface area contributed by atoms with Gasteiger partial charge < -0.3 is 0 Å². The van der Waals surface area contributed by atoms with Crippen LogP contribution in [0.3, 0.4) is 0 Å². The number of rotatable bonds is 7. The molecule has 0 unspecified atom stereocenters. The van der Waals surface area contributed by atoms with Crippen molar-refractivity contribution in [2.75, 3.05) is 0 Å². The van der Waals surface area contributed by atoms with Crippen LogP contribution in [0, 0.1) is 0 Å². The summed E-state index contributed by atoms with van der Waals surface area (Å²) in [7, 11) is 0. The predicted molar refractivity (Wildman–Crippen MR) is 66.7 cm³/mol. The average Bonchev–Trinajstić information content (AvgIpc) is 2.26. The van der Waals surface area contributed by atoms with Crippen LogP contribution in [-0.2, 0) is 4.79 Å². The lowest BCUT2D eigenvalue weighted by molar-refractivity contribution is -0.117. The lowest BCUT2D eigenvalue weighted by Crippen LogP contribution is -1.90. The van der Waals surface area contributed by atoms with Gasteiger partial charge in [-0.25, -0.2) is 0 Å². The Morgan fingerprint density at radius 3 is 2.07 bits per heavy atom. The van der Waals surface area contributed by atoms with Crippen molar-refractivity contribution in [2.45, 2.75) is 19.8 Å². The highest BCUT2D eigenvalue weighted by atomic mass is 16.1. The number of ketones is 1. The molecular weight excluding hydrogens is 184 g/mol. The quantitative estimate of drug-likeness (QED) is 0.574. The molecule has 1 heteroatoms. The van der Waals surface area contributed by atoms with Crippen molar-refractivity contribution in [3.63, 3.8) is 0 Å². The van der Waals surface area contributed by atoms with Crippen LogP contribution in [0.1, 0.15) is 19.8 Å². The number of Topliss-reactive ketones (excluding diaryl/α,β-unsaturated/α-hetero) is 1. The Morgan fingerprint density at radius 1 is 1.00 bits per heavy atom. The molecule has 15 heavy (non-hydrogen) atoms. The Balaban J connectivity index is 3.70. The minimum atomic E-state index is 0.268. The predicted octanol–water partition coefficient (Wildman–Crippen LogP) is 3.77. The standard InChI is InChI=1S/C14H18O/c1-3-5-6-7-8-9-10-11-12-13-14(15)4-2/h3,5-12H,1,4,13H2,2H3. The molecule has 0 aromatic carbocycles. The van der Waals surface area contributed by atoms with Gasteiger partial charge >= 0.3 is 0 Å². The zero-order valence-electron chi connectivity index (χ0n) is 9.23. The SMILES string of the molecule is C=CC=CC=CC=CC=CCC(=O)CC. The largest absolute Gasteiger partial charge is 0.299 e. The van der Waals surface area contributed by atoms with Crippen molar-refractivity contribution in [1.29, 1.82) is 0 Å². The minimum absolute atomic E-state index is 0.268. The monoisotopic (exact) mass is 202 g/mol. The number of hydrogen-bond donors (Lipinski definition) is 0. The molecule has 0 rings (SSSR count). The van der Waals surface area contributed by atoms with Crippen LogP contribution in [0.5, 0.6) is 0 Å². The molecule has 1 nitrogen and oxygen atoms in total. The van der Waals surface area contributed by atoms with E-state index >= 15 is 0 Å². The van der Waals surface area contributed by atoms with Gasteiger partial charge in [-0.2, -0.15) is 0 Å². The molecule has 0 bridgehead atoms. The molecule has 0 radical (unpaired) electrons. The van der Waals surface area contributed by atoms with Crippen molar-refractivity contribution in [3.8, 4) is 0 Å². The van der Waals surface area contributed by atoms with E-state index in [1.54, 1.807) is 6.08 Å². The first-order chi connectivity index (χ1) is 7.31. The fourth-order valence-electron chi connectivity index (χ4n) is 0.822. The molecule has 0 aliphatic rings. The summed E-state index contributed by atoms with van der Waals surface area (Å²) in [5, 5.41) is 0. The Kier molecular flexibility index (Phi) is 9.32. The summed E-state index contributed by atoms with van der Waals surface area (Å²) in [6, 6.07) is 0. The molecular formula is C14H18O. The summed E-state index contributed by atoms with van der Waals surface area (Å²) < 4.78 is 0. The summed E-state index contributed by atoms with van der Waals surface area (Å²) in [5.74, 6) is 0.268. The van der Waals surface area contributed by atoms with E-state index in [0.29, 0.717) is 12.8 Å². The zero-order valence-corrected chi connectivity index (χ0v) is 9.23.